The second-order valence-corrected chi connectivity index (χ2v) is 7.20. The number of rotatable bonds is 5. The molecule has 0 aliphatic carbocycles. The van der Waals surface area contributed by atoms with Gasteiger partial charge in [-0.3, -0.25) is 9.40 Å². The number of halogens is 2. The van der Waals surface area contributed by atoms with Gasteiger partial charge in [-0.1, -0.05) is 24.6 Å². The van der Waals surface area contributed by atoms with Crippen LogP contribution in [0.3, 0.4) is 0 Å². The molecule has 3 N–H and O–H groups in total. The van der Waals surface area contributed by atoms with Gasteiger partial charge in [-0.15, -0.1) is 0 Å². The first-order valence-corrected chi connectivity index (χ1v) is 8.80. The summed E-state index contributed by atoms with van der Waals surface area (Å²) < 4.78 is 29.2. The van der Waals surface area contributed by atoms with E-state index in [-0.39, 0.29) is 10.7 Å². The van der Waals surface area contributed by atoms with Crippen molar-refractivity contribution in [3.05, 3.63) is 33.9 Å². The van der Waals surface area contributed by atoms with Crippen LogP contribution in [0.4, 0.5) is 11.5 Å². The van der Waals surface area contributed by atoms with Gasteiger partial charge in [-0.05, 0) is 34.5 Å². The SMILES string of the molecule is CCCn1cc(S(=O)(=O)Nc2cccc(Cl)c2Br)c(N)n1. The Morgan fingerprint density at radius 1 is 1.48 bits per heavy atom. The zero-order valence-electron chi connectivity index (χ0n) is 11.2. The lowest BCUT2D eigenvalue weighted by Gasteiger charge is -2.09. The van der Waals surface area contributed by atoms with Crippen LogP contribution in [0.2, 0.25) is 5.02 Å². The second-order valence-electron chi connectivity index (χ2n) is 4.35. The van der Waals surface area contributed by atoms with Gasteiger partial charge < -0.3 is 5.73 Å². The Kier molecular flexibility index (Phi) is 4.80. The summed E-state index contributed by atoms with van der Waals surface area (Å²) in [4.78, 5) is -0.0529. The number of nitrogens with zero attached hydrogens (tertiary/aromatic N) is 2. The topological polar surface area (TPSA) is 90.0 Å². The number of nitrogens with one attached hydrogen (secondary N) is 1. The van der Waals surface area contributed by atoms with Crippen molar-refractivity contribution in [3.63, 3.8) is 0 Å². The Balaban J connectivity index is 2.36. The van der Waals surface area contributed by atoms with E-state index in [1.807, 2.05) is 6.92 Å². The molecule has 0 aliphatic heterocycles. The number of hydrogen-bond acceptors (Lipinski definition) is 4. The Bertz CT molecular complexity index is 761. The molecule has 0 fully saturated rings. The molecule has 0 bridgehead atoms. The molecule has 0 saturated heterocycles. The highest BCUT2D eigenvalue weighted by atomic mass is 79.9. The smallest absolute Gasteiger partial charge is 0.267 e. The van der Waals surface area contributed by atoms with Crippen molar-refractivity contribution >= 4 is 49.1 Å². The van der Waals surface area contributed by atoms with Crippen LogP contribution in [-0.2, 0) is 16.6 Å². The maximum Gasteiger partial charge on any atom is 0.267 e. The molecular weight excluding hydrogens is 380 g/mol. The summed E-state index contributed by atoms with van der Waals surface area (Å²) in [5, 5.41) is 4.39. The van der Waals surface area contributed by atoms with E-state index < -0.39 is 10.0 Å². The number of nitrogens with two attached hydrogens (primary N) is 1. The molecule has 0 spiro atoms. The summed E-state index contributed by atoms with van der Waals surface area (Å²) >= 11 is 9.19. The van der Waals surface area contributed by atoms with E-state index in [1.54, 1.807) is 18.2 Å². The molecule has 114 valence electrons. The third-order valence-electron chi connectivity index (χ3n) is 2.69. The molecule has 1 aromatic heterocycles. The predicted octanol–water partition coefficient (Wildman–Crippen LogP) is 3.09. The highest BCUT2D eigenvalue weighted by Gasteiger charge is 2.22. The van der Waals surface area contributed by atoms with E-state index in [2.05, 4.69) is 25.8 Å². The highest BCUT2D eigenvalue weighted by Crippen LogP contribution is 2.32. The van der Waals surface area contributed by atoms with Gasteiger partial charge in [0.25, 0.3) is 10.0 Å². The van der Waals surface area contributed by atoms with Crippen LogP contribution >= 0.6 is 27.5 Å². The molecule has 6 nitrogen and oxygen atoms in total. The first-order chi connectivity index (χ1) is 9.85. The minimum Gasteiger partial charge on any atom is -0.381 e. The molecule has 0 unspecified atom stereocenters. The van der Waals surface area contributed by atoms with E-state index in [4.69, 9.17) is 17.3 Å². The summed E-state index contributed by atoms with van der Waals surface area (Å²) in [5.74, 6) is -0.0332. The highest BCUT2D eigenvalue weighted by molar-refractivity contribution is 9.10. The average molecular weight is 394 g/mol. The standard InChI is InChI=1S/C12H14BrClN4O2S/c1-2-6-18-7-10(12(15)16-18)21(19,20)17-9-5-3-4-8(14)11(9)13/h3-5,7,17H,2,6H2,1H3,(H2,15,16). The molecule has 9 heteroatoms. The second kappa shape index (κ2) is 6.25. The van der Waals surface area contributed by atoms with E-state index in [9.17, 15) is 8.42 Å². The van der Waals surface area contributed by atoms with E-state index >= 15 is 0 Å². The zero-order valence-corrected chi connectivity index (χ0v) is 14.3. The minimum atomic E-state index is -3.83. The van der Waals surface area contributed by atoms with Crippen LogP contribution in [0.15, 0.2) is 33.8 Å². The third kappa shape index (κ3) is 3.50. The monoisotopic (exact) mass is 392 g/mol. The van der Waals surface area contributed by atoms with Gasteiger partial charge in [0.2, 0.25) is 0 Å². The Morgan fingerprint density at radius 3 is 2.86 bits per heavy atom. The Morgan fingerprint density at radius 2 is 2.19 bits per heavy atom. The van der Waals surface area contributed by atoms with Crippen LogP contribution < -0.4 is 10.5 Å². The van der Waals surface area contributed by atoms with Crippen molar-refractivity contribution < 1.29 is 8.42 Å². The predicted molar refractivity (Wildman–Crippen MR) is 86.9 cm³/mol. The van der Waals surface area contributed by atoms with Crippen LogP contribution in [0.1, 0.15) is 13.3 Å². The van der Waals surface area contributed by atoms with E-state index in [0.717, 1.165) is 6.42 Å². The van der Waals surface area contributed by atoms with Gasteiger partial charge in [0.05, 0.1) is 15.2 Å². The molecule has 0 aliphatic rings. The lowest BCUT2D eigenvalue weighted by atomic mass is 10.3. The molecule has 21 heavy (non-hydrogen) atoms. The Hall–Kier alpha value is -1.25. The van der Waals surface area contributed by atoms with Crippen molar-refractivity contribution in [2.24, 2.45) is 0 Å². The number of aromatic nitrogens is 2. The molecular formula is C12H14BrClN4O2S. The minimum absolute atomic E-state index is 0.0332. The van der Waals surface area contributed by atoms with Gasteiger partial charge in [0, 0.05) is 12.7 Å². The van der Waals surface area contributed by atoms with Crippen LogP contribution in [0.25, 0.3) is 0 Å². The van der Waals surface area contributed by atoms with Crippen molar-refractivity contribution in [1.29, 1.82) is 0 Å². The van der Waals surface area contributed by atoms with Crippen molar-refractivity contribution in [3.8, 4) is 0 Å². The molecule has 1 heterocycles. The maximum atomic E-state index is 12.4. The van der Waals surface area contributed by atoms with Crippen molar-refractivity contribution in [2.75, 3.05) is 10.5 Å². The van der Waals surface area contributed by atoms with E-state index in [0.29, 0.717) is 21.7 Å². The van der Waals surface area contributed by atoms with E-state index in [1.165, 1.54) is 10.9 Å². The van der Waals surface area contributed by atoms with Gasteiger partial charge in [-0.25, -0.2) is 8.42 Å². The molecule has 0 amide bonds. The average Bonchev–Trinajstić information content (AvgIpc) is 2.77. The molecule has 1 aromatic carbocycles. The van der Waals surface area contributed by atoms with Crippen LogP contribution in [0.5, 0.6) is 0 Å². The largest absolute Gasteiger partial charge is 0.381 e. The Labute approximate surface area is 136 Å². The summed E-state index contributed by atoms with van der Waals surface area (Å²) in [7, 11) is -3.83. The summed E-state index contributed by atoms with van der Waals surface area (Å²) in [5.41, 5.74) is 6.03. The summed E-state index contributed by atoms with van der Waals surface area (Å²) in [6.45, 7) is 2.56. The molecule has 0 radical (unpaired) electrons. The number of benzene rings is 1. The van der Waals surface area contributed by atoms with Gasteiger partial charge in [0.1, 0.15) is 4.90 Å². The fourth-order valence-corrected chi connectivity index (χ4v) is 3.57. The van der Waals surface area contributed by atoms with Crippen LogP contribution in [-0.4, -0.2) is 18.2 Å². The lowest BCUT2D eigenvalue weighted by Crippen LogP contribution is -2.14. The molecule has 0 atom stereocenters. The summed E-state index contributed by atoms with van der Waals surface area (Å²) in [6, 6.07) is 4.89. The zero-order chi connectivity index (χ0) is 15.6. The fourth-order valence-electron chi connectivity index (χ4n) is 1.75. The van der Waals surface area contributed by atoms with Gasteiger partial charge >= 0.3 is 0 Å². The van der Waals surface area contributed by atoms with Crippen molar-refractivity contribution in [1.82, 2.24) is 9.78 Å². The lowest BCUT2D eigenvalue weighted by molar-refractivity contribution is 0.595. The number of nitrogen functional groups attached to an aromatic ring is 1. The number of sulfonamides is 1. The number of aryl methyl sites for hydroxylation is 1. The quantitative estimate of drug-likeness (QED) is 0.816. The normalized spacial score (nSPS) is 11.6. The van der Waals surface area contributed by atoms with Gasteiger partial charge in [0.15, 0.2) is 5.82 Å². The third-order valence-corrected chi connectivity index (χ3v) is 5.47. The van der Waals surface area contributed by atoms with Crippen molar-refractivity contribution in [2.45, 2.75) is 24.8 Å². The molecule has 0 saturated carbocycles. The number of hydrogen-bond donors (Lipinski definition) is 2. The van der Waals surface area contributed by atoms with Crippen LogP contribution in [0, 0.1) is 0 Å². The van der Waals surface area contributed by atoms with Gasteiger partial charge in [-0.2, -0.15) is 5.10 Å². The molecule has 2 rings (SSSR count). The first kappa shape index (κ1) is 16.1. The molecule has 2 aromatic rings. The first-order valence-electron chi connectivity index (χ1n) is 6.15. The summed E-state index contributed by atoms with van der Waals surface area (Å²) in [6.07, 6.45) is 2.24. The maximum absolute atomic E-state index is 12.4. The fraction of sp³-hybridized carbons (Fsp3) is 0.250. The number of anilines is 2.